The Morgan fingerprint density at radius 1 is 1.27 bits per heavy atom. The normalized spacial score (nSPS) is 11.2. The number of benzene rings is 1. The molecule has 1 aromatic carbocycles. The van der Waals surface area contributed by atoms with Gasteiger partial charge in [0.15, 0.2) is 5.96 Å². The monoisotopic (exact) mass is 321 g/mol. The van der Waals surface area contributed by atoms with Crippen LogP contribution in [0.1, 0.15) is 0 Å². The van der Waals surface area contributed by atoms with Gasteiger partial charge in [-0.05, 0) is 34.7 Å². The van der Waals surface area contributed by atoms with Crippen molar-refractivity contribution < 1.29 is 4.39 Å². The number of nitrogens with zero attached hydrogens (tertiary/aromatic N) is 2. The quantitative estimate of drug-likeness (QED) is 0.402. The number of guanidine groups is 2. The Bertz CT molecular complexity index is 425. The van der Waals surface area contributed by atoms with Gasteiger partial charge >= 0.3 is 0 Å². The van der Waals surface area contributed by atoms with Crippen LogP contribution in [-0.2, 0) is 0 Å². The van der Waals surface area contributed by atoms with Crippen molar-refractivity contribution in [1.29, 1.82) is 0 Å². The second-order valence-electron chi connectivity index (χ2n) is 2.61. The highest BCUT2D eigenvalue weighted by Gasteiger charge is 1.99. The lowest BCUT2D eigenvalue weighted by molar-refractivity contribution is 0.621. The predicted molar refractivity (Wildman–Crippen MR) is 66.2 cm³/mol. The number of hydrogen-bond acceptors (Lipinski definition) is 1. The fraction of sp³-hybridized carbons (Fsp3) is 0. The van der Waals surface area contributed by atoms with E-state index in [1.165, 1.54) is 6.07 Å². The van der Waals surface area contributed by atoms with Gasteiger partial charge < -0.3 is 17.2 Å². The molecule has 6 N–H and O–H groups in total. The molecule has 0 aromatic heterocycles. The van der Waals surface area contributed by atoms with Crippen molar-refractivity contribution in [2.24, 2.45) is 27.2 Å². The van der Waals surface area contributed by atoms with Gasteiger partial charge in [-0.3, -0.25) is 0 Å². The maximum absolute atomic E-state index is 13.1. The zero-order chi connectivity index (χ0) is 11.4. The highest BCUT2D eigenvalue weighted by molar-refractivity contribution is 14.1. The molecule has 0 bridgehead atoms. The van der Waals surface area contributed by atoms with Gasteiger partial charge in [0.2, 0.25) is 5.96 Å². The summed E-state index contributed by atoms with van der Waals surface area (Å²) in [5, 5.41) is 0. The van der Waals surface area contributed by atoms with Crippen molar-refractivity contribution in [3.63, 3.8) is 0 Å². The molecule has 0 saturated carbocycles. The lowest BCUT2D eigenvalue weighted by atomic mass is 10.3. The highest BCUT2D eigenvalue weighted by Crippen LogP contribution is 2.18. The van der Waals surface area contributed by atoms with E-state index in [2.05, 4.69) is 9.98 Å². The summed E-state index contributed by atoms with van der Waals surface area (Å²) in [6.45, 7) is 0. The third-order valence-electron chi connectivity index (χ3n) is 1.39. The summed E-state index contributed by atoms with van der Waals surface area (Å²) in [7, 11) is 0. The summed E-state index contributed by atoms with van der Waals surface area (Å²) in [6.07, 6.45) is 0. The maximum atomic E-state index is 13.1. The fourth-order valence-electron chi connectivity index (χ4n) is 0.844. The molecule has 80 valence electrons. The van der Waals surface area contributed by atoms with Crippen LogP contribution in [0.25, 0.3) is 0 Å². The van der Waals surface area contributed by atoms with E-state index in [9.17, 15) is 4.39 Å². The minimum Gasteiger partial charge on any atom is -0.370 e. The Morgan fingerprint density at radius 2 is 1.93 bits per heavy atom. The topological polar surface area (TPSA) is 103 Å². The number of nitrogens with two attached hydrogens (primary N) is 3. The van der Waals surface area contributed by atoms with Crippen molar-refractivity contribution in [3.8, 4) is 0 Å². The molecule has 0 spiro atoms. The number of halogens is 2. The van der Waals surface area contributed by atoms with E-state index >= 15 is 0 Å². The third kappa shape index (κ3) is 3.70. The first kappa shape index (κ1) is 11.7. The van der Waals surface area contributed by atoms with Crippen LogP contribution in [0, 0.1) is 9.39 Å². The Hall–Kier alpha value is -1.38. The molecule has 0 heterocycles. The summed E-state index contributed by atoms with van der Waals surface area (Å²) >= 11 is 1.87. The van der Waals surface area contributed by atoms with Crippen molar-refractivity contribution >= 4 is 40.2 Å². The number of hydrogen-bond donors (Lipinski definition) is 3. The minimum atomic E-state index is -0.366. The van der Waals surface area contributed by atoms with Crippen LogP contribution in [0.4, 0.5) is 10.1 Å². The molecule has 1 aromatic rings. The average Bonchev–Trinajstić information content (AvgIpc) is 2.10. The molecule has 0 radical (unpaired) electrons. The summed E-state index contributed by atoms with van der Waals surface area (Å²) in [6, 6.07) is 4.44. The minimum absolute atomic E-state index is 0.115. The first-order valence-corrected chi connectivity index (χ1v) is 4.96. The Kier molecular flexibility index (Phi) is 3.83. The molecule has 1 rings (SSSR count). The van der Waals surface area contributed by atoms with Crippen molar-refractivity contribution in [1.82, 2.24) is 0 Å². The van der Waals surface area contributed by atoms with Crippen LogP contribution in [0.15, 0.2) is 28.2 Å². The van der Waals surface area contributed by atoms with Gasteiger partial charge in [0, 0.05) is 9.64 Å². The van der Waals surface area contributed by atoms with Gasteiger partial charge in [-0.2, -0.15) is 4.99 Å². The lowest BCUT2D eigenvalue weighted by Gasteiger charge is -1.97. The largest absolute Gasteiger partial charge is 0.370 e. The number of rotatable bonds is 1. The molecular weight excluding hydrogens is 312 g/mol. The second-order valence-corrected chi connectivity index (χ2v) is 3.77. The molecule has 0 unspecified atom stereocenters. The SMILES string of the molecule is NC(N)=NC(N)=Nc1ccc(I)c(F)c1. The lowest BCUT2D eigenvalue weighted by Crippen LogP contribution is -2.26. The number of aliphatic imine (C=N–C) groups is 2. The molecule has 0 atom stereocenters. The molecule has 0 aliphatic heterocycles. The van der Waals surface area contributed by atoms with Gasteiger partial charge in [0.05, 0.1) is 5.69 Å². The van der Waals surface area contributed by atoms with E-state index < -0.39 is 0 Å². The van der Waals surface area contributed by atoms with E-state index in [0.29, 0.717) is 9.26 Å². The Labute approximate surface area is 99.4 Å². The van der Waals surface area contributed by atoms with Gasteiger partial charge in [0.1, 0.15) is 5.82 Å². The van der Waals surface area contributed by atoms with E-state index in [-0.39, 0.29) is 17.7 Å². The van der Waals surface area contributed by atoms with E-state index in [1.54, 1.807) is 12.1 Å². The van der Waals surface area contributed by atoms with Crippen LogP contribution < -0.4 is 17.2 Å². The zero-order valence-corrected chi connectivity index (χ0v) is 9.77. The average molecular weight is 321 g/mol. The van der Waals surface area contributed by atoms with Crippen LogP contribution in [-0.4, -0.2) is 11.9 Å². The molecule has 7 heteroatoms. The van der Waals surface area contributed by atoms with E-state index in [0.717, 1.165) is 0 Å². The predicted octanol–water partition coefficient (Wildman–Crippen LogP) is 0.650. The van der Waals surface area contributed by atoms with E-state index in [4.69, 9.17) is 17.2 Å². The first-order chi connectivity index (χ1) is 6.99. The summed E-state index contributed by atoms with van der Waals surface area (Å²) in [4.78, 5) is 7.31. The molecule has 15 heavy (non-hydrogen) atoms. The summed E-state index contributed by atoms with van der Waals surface area (Å²) in [5.41, 5.74) is 15.9. The van der Waals surface area contributed by atoms with Crippen molar-refractivity contribution in [2.75, 3.05) is 0 Å². The van der Waals surface area contributed by atoms with Crippen LogP contribution in [0.2, 0.25) is 0 Å². The smallest absolute Gasteiger partial charge is 0.223 e. The Morgan fingerprint density at radius 3 is 2.47 bits per heavy atom. The van der Waals surface area contributed by atoms with E-state index in [1.807, 2.05) is 22.6 Å². The van der Waals surface area contributed by atoms with Crippen LogP contribution >= 0.6 is 22.6 Å². The first-order valence-electron chi connectivity index (χ1n) is 3.88. The molecule has 0 saturated heterocycles. The van der Waals surface area contributed by atoms with Gasteiger partial charge in [-0.25, -0.2) is 9.38 Å². The zero-order valence-electron chi connectivity index (χ0n) is 7.61. The van der Waals surface area contributed by atoms with Crippen LogP contribution in [0.3, 0.4) is 0 Å². The summed E-state index contributed by atoms with van der Waals surface area (Å²) < 4.78 is 13.6. The third-order valence-corrected chi connectivity index (χ3v) is 2.27. The van der Waals surface area contributed by atoms with Gasteiger partial charge in [-0.1, -0.05) is 0 Å². The van der Waals surface area contributed by atoms with Crippen molar-refractivity contribution in [2.45, 2.75) is 0 Å². The highest BCUT2D eigenvalue weighted by atomic mass is 127. The Balaban J connectivity index is 2.99. The maximum Gasteiger partial charge on any atom is 0.223 e. The second kappa shape index (κ2) is 4.91. The van der Waals surface area contributed by atoms with Crippen molar-refractivity contribution in [3.05, 3.63) is 27.6 Å². The van der Waals surface area contributed by atoms with Gasteiger partial charge in [-0.15, -0.1) is 0 Å². The van der Waals surface area contributed by atoms with Crippen LogP contribution in [0.5, 0.6) is 0 Å². The molecule has 0 aliphatic carbocycles. The molecule has 0 aliphatic rings. The standard InChI is InChI=1S/C8H9FIN5/c9-5-3-4(1-2-6(5)10)14-8(13)15-7(11)12/h1-3H,(H6,11,12,13,14,15). The molecule has 0 amide bonds. The molecule has 0 fully saturated rings. The summed E-state index contributed by atoms with van der Waals surface area (Å²) in [5.74, 6) is -0.674. The fourth-order valence-corrected chi connectivity index (χ4v) is 1.18. The molecular formula is C8H9FIN5. The van der Waals surface area contributed by atoms with Gasteiger partial charge in [0.25, 0.3) is 0 Å². The molecule has 5 nitrogen and oxygen atoms in total.